The van der Waals surface area contributed by atoms with E-state index in [1.54, 1.807) is 7.11 Å². The molecule has 5 heteroatoms. The maximum atomic E-state index is 12.2. The van der Waals surface area contributed by atoms with Gasteiger partial charge in [-0.25, -0.2) is 0 Å². The highest BCUT2D eigenvalue weighted by atomic mass is 16.5. The maximum Gasteiger partial charge on any atom is 0.220 e. The fourth-order valence-electron chi connectivity index (χ4n) is 3.13. The van der Waals surface area contributed by atoms with Crippen LogP contribution in [0.4, 0.5) is 0 Å². The van der Waals surface area contributed by atoms with Crippen LogP contribution in [0.2, 0.25) is 0 Å². The summed E-state index contributed by atoms with van der Waals surface area (Å²) >= 11 is 0. The van der Waals surface area contributed by atoms with Crippen molar-refractivity contribution >= 4 is 5.91 Å². The Labute approximate surface area is 145 Å². The number of carbonyl (C=O) groups is 1. The summed E-state index contributed by atoms with van der Waals surface area (Å²) in [5.74, 6) is 2.23. The van der Waals surface area contributed by atoms with Gasteiger partial charge in [0, 0.05) is 6.42 Å². The van der Waals surface area contributed by atoms with E-state index in [9.17, 15) is 4.79 Å². The Morgan fingerprint density at radius 2 is 2.08 bits per heavy atom. The molecule has 24 heavy (non-hydrogen) atoms. The van der Waals surface area contributed by atoms with Gasteiger partial charge in [-0.1, -0.05) is 6.07 Å². The SMILES string of the molecule is CCOc1ccc(C(C)NC(=O)CCC2CCNCC2)cc1OC. The third kappa shape index (κ3) is 5.41. The van der Waals surface area contributed by atoms with Crippen molar-refractivity contribution < 1.29 is 14.3 Å². The molecule has 0 saturated carbocycles. The summed E-state index contributed by atoms with van der Waals surface area (Å²) in [5, 5.41) is 6.45. The van der Waals surface area contributed by atoms with Gasteiger partial charge in [0.15, 0.2) is 11.5 Å². The summed E-state index contributed by atoms with van der Waals surface area (Å²) in [5.41, 5.74) is 1.02. The molecular weight excluding hydrogens is 304 g/mol. The zero-order chi connectivity index (χ0) is 17.4. The summed E-state index contributed by atoms with van der Waals surface area (Å²) in [7, 11) is 1.63. The van der Waals surface area contributed by atoms with Crippen LogP contribution in [0.25, 0.3) is 0 Å². The zero-order valence-corrected chi connectivity index (χ0v) is 15.1. The summed E-state index contributed by atoms with van der Waals surface area (Å²) in [6, 6.07) is 5.76. The molecule has 0 spiro atoms. The molecule has 0 aromatic heterocycles. The second-order valence-electron chi connectivity index (χ2n) is 6.36. The molecule has 2 N–H and O–H groups in total. The minimum absolute atomic E-state index is 0.0462. The minimum atomic E-state index is -0.0462. The molecule has 1 saturated heterocycles. The maximum absolute atomic E-state index is 12.2. The second-order valence-corrected chi connectivity index (χ2v) is 6.36. The Bertz CT molecular complexity index is 527. The first-order valence-electron chi connectivity index (χ1n) is 8.94. The number of amides is 1. The minimum Gasteiger partial charge on any atom is -0.493 e. The first kappa shape index (κ1) is 18.6. The number of hydrogen-bond donors (Lipinski definition) is 2. The van der Waals surface area contributed by atoms with Gasteiger partial charge in [-0.15, -0.1) is 0 Å². The molecule has 1 fully saturated rings. The van der Waals surface area contributed by atoms with Gasteiger partial charge in [-0.3, -0.25) is 4.79 Å². The third-order valence-electron chi connectivity index (χ3n) is 4.60. The lowest BCUT2D eigenvalue weighted by atomic mass is 9.93. The van der Waals surface area contributed by atoms with Crippen molar-refractivity contribution in [1.29, 1.82) is 0 Å². The van der Waals surface area contributed by atoms with Gasteiger partial charge in [-0.2, -0.15) is 0 Å². The number of ether oxygens (including phenoxy) is 2. The number of piperidine rings is 1. The molecule has 1 aromatic carbocycles. The normalized spacial score (nSPS) is 16.5. The van der Waals surface area contributed by atoms with E-state index in [2.05, 4.69) is 10.6 Å². The average molecular weight is 334 g/mol. The van der Waals surface area contributed by atoms with Gasteiger partial charge < -0.3 is 20.1 Å². The van der Waals surface area contributed by atoms with E-state index >= 15 is 0 Å². The van der Waals surface area contributed by atoms with Crippen LogP contribution in [0.5, 0.6) is 11.5 Å². The number of carbonyl (C=O) groups excluding carboxylic acids is 1. The van der Waals surface area contributed by atoms with Gasteiger partial charge in [0.25, 0.3) is 0 Å². The van der Waals surface area contributed by atoms with Crippen molar-refractivity contribution in [3.63, 3.8) is 0 Å². The van der Waals surface area contributed by atoms with Gasteiger partial charge in [0.1, 0.15) is 0 Å². The first-order valence-corrected chi connectivity index (χ1v) is 8.94. The lowest BCUT2D eigenvalue weighted by Gasteiger charge is -2.22. The largest absolute Gasteiger partial charge is 0.493 e. The monoisotopic (exact) mass is 334 g/mol. The standard InChI is InChI=1S/C19H30N2O3/c1-4-24-17-7-6-16(13-18(17)23-3)14(2)21-19(22)8-5-15-9-11-20-12-10-15/h6-7,13-15,20H,4-5,8-12H2,1-3H3,(H,21,22). The van der Waals surface area contributed by atoms with Crippen LogP contribution < -0.4 is 20.1 Å². The Morgan fingerprint density at radius 3 is 2.75 bits per heavy atom. The van der Waals surface area contributed by atoms with Crippen molar-refractivity contribution in [3.05, 3.63) is 23.8 Å². The highest BCUT2D eigenvalue weighted by molar-refractivity contribution is 5.76. The Morgan fingerprint density at radius 1 is 1.33 bits per heavy atom. The molecule has 134 valence electrons. The quantitative estimate of drug-likeness (QED) is 0.767. The third-order valence-corrected chi connectivity index (χ3v) is 4.60. The number of hydrogen-bond acceptors (Lipinski definition) is 4. The number of benzene rings is 1. The first-order chi connectivity index (χ1) is 11.6. The lowest BCUT2D eigenvalue weighted by molar-refractivity contribution is -0.122. The van der Waals surface area contributed by atoms with Crippen molar-refractivity contribution in [2.75, 3.05) is 26.8 Å². The molecule has 2 rings (SSSR count). The van der Waals surface area contributed by atoms with Crippen LogP contribution in [0.1, 0.15) is 51.1 Å². The van der Waals surface area contributed by atoms with Crippen LogP contribution in [0.3, 0.4) is 0 Å². The van der Waals surface area contributed by atoms with Crippen LogP contribution in [0, 0.1) is 5.92 Å². The Balaban J connectivity index is 1.86. The molecule has 0 aliphatic carbocycles. The van der Waals surface area contributed by atoms with Crippen molar-refractivity contribution in [2.24, 2.45) is 5.92 Å². The molecule has 1 atom stereocenters. The van der Waals surface area contributed by atoms with E-state index in [4.69, 9.17) is 9.47 Å². The molecule has 1 amide bonds. The highest BCUT2D eigenvalue weighted by Gasteiger charge is 2.16. The molecule has 5 nitrogen and oxygen atoms in total. The Hall–Kier alpha value is -1.75. The van der Waals surface area contributed by atoms with Crippen molar-refractivity contribution in [2.45, 2.75) is 45.6 Å². The molecule has 1 aliphatic heterocycles. The van der Waals surface area contributed by atoms with Gasteiger partial charge in [0.05, 0.1) is 19.8 Å². The highest BCUT2D eigenvalue weighted by Crippen LogP contribution is 2.30. The molecule has 1 unspecified atom stereocenters. The summed E-state index contributed by atoms with van der Waals surface area (Å²) < 4.78 is 10.9. The second kappa shape index (κ2) is 9.52. The summed E-state index contributed by atoms with van der Waals surface area (Å²) in [6.07, 6.45) is 3.94. The fraction of sp³-hybridized carbons (Fsp3) is 0.632. The van der Waals surface area contributed by atoms with E-state index in [0.717, 1.165) is 30.8 Å². The molecular formula is C19H30N2O3. The fourth-order valence-corrected chi connectivity index (χ4v) is 3.13. The van der Waals surface area contributed by atoms with Crippen LogP contribution in [-0.4, -0.2) is 32.7 Å². The van der Waals surface area contributed by atoms with Crippen LogP contribution in [0.15, 0.2) is 18.2 Å². The van der Waals surface area contributed by atoms with Crippen molar-refractivity contribution in [1.82, 2.24) is 10.6 Å². The number of rotatable bonds is 8. The average Bonchev–Trinajstić information content (AvgIpc) is 2.61. The van der Waals surface area contributed by atoms with Gasteiger partial charge in [-0.05, 0) is 69.8 Å². The lowest BCUT2D eigenvalue weighted by Crippen LogP contribution is -2.30. The molecule has 1 heterocycles. The van der Waals surface area contributed by atoms with E-state index in [1.807, 2.05) is 32.0 Å². The molecule has 0 radical (unpaired) electrons. The predicted octanol–water partition coefficient (Wildman–Crippen LogP) is 3.05. The molecule has 1 aromatic rings. The predicted molar refractivity (Wildman–Crippen MR) is 95.5 cm³/mol. The van der Waals surface area contributed by atoms with E-state index in [-0.39, 0.29) is 11.9 Å². The number of nitrogens with one attached hydrogen (secondary N) is 2. The van der Waals surface area contributed by atoms with Crippen LogP contribution in [-0.2, 0) is 4.79 Å². The van der Waals surface area contributed by atoms with Crippen molar-refractivity contribution in [3.8, 4) is 11.5 Å². The summed E-state index contributed by atoms with van der Waals surface area (Å²) in [4.78, 5) is 12.2. The number of methoxy groups -OCH3 is 1. The molecule has 1 aliphatic rings. The summed E-state index contributed by atoms with van der Waals surface area (Å²) in [6.45, 7) is 6.69. The smallest absolute Gasteiger partial charge is 0.220 e. The Kier molecular flexibility index (Phi) is 7.37. The van der Waals surface area contributed by atoms with E-state index in [0.29, 0.717) is 24.7 Å². The molecule has 0 bridgehead atoms. The zero-order valence-electron chi connectivity index (χ0n) is 15.1. The van der Waals surface area contributed by atoms with E-state index < -0.39 is 0 Å². The van der Waals surface area contributed by atoms with Crippen LogP contribution >= 0.6 is 0 Å². The topological polar surface area (TPSA) is 59.6 Å². The van der Waals surface area contributed by atoms with Gasteiger partial charge >= 0.3 is 0 Å². The van der Waals surface area contributed by atoms with Gasteiger partial charge in [0.2, 0.25) is 5.91 Å². The van der Waals surface area contributed by atoms with E-state index in [1.165, 1.54) is 12.8 Å².